The highest BCUT2D eigenvalue weighted by atomic mass is 19.1. The molecule has 2 aliphatic rings. The average molecular weight is 409 g/mol. The summed E-state index contributed by atoms with van der Waals surface area (Å²) in [7, 11) is 0. The minimum absolute atomic E-state index is 0.409. The molecule has 1 aliphatic carbocycles. The molecular formula is C22H21F2N5O. The van der Waals surface area contributed by atoms with Crippen molar-refractivity contribution in [3.8, 4) is 0 Å². The number of aromatic amines is 1. The van der Waals surface area contributed by atoms with E-state index in [1.165, 1.54) is 24.0 Å². The van der Waals surface area contributed by atoms with Crippen molar-refractivity contribution in [1.82, 2.24) is 19.6 Å². The molecule has 2 aromatic heterocycles. The Morgan fingerprint density at radius 3 is 2.53 bits per heavy atom. The number of hydrogen-bond donors (Lipinski definition) is 2. The van der Waals surface area contributed by atoms with E-state index in [4.69, 9.17) is 0 Å². The van der Waals surface area contributed by atoms with E-state index in [0.29, 0.717) is 28.0 Å². The number of aromatic nitrogens is 4. The van der Waals surface area contributed by atoms with Crippen molar-refractivity contribution in [1.29, 1.82) is 0 Å². The molecule has 1 aromatic carbocycles. The van der Waals surface area contributed by atoms with Gasteiger partial charge in [-0.3, -0.25) is 5.43 Å². The van der Waals surface area contributed by atoms with Gasteiger partial charge in [0.15, 0.2) is 5.82 Å². The van der Waals surface area contributed by atoms with Crippen molar-refractivity contribution in [3.05, 3.63) is 87.2 Å². The van der Waals surface area contributed by atoms with Gasteiger partial charge in [0.1, 0.15) is 6.17 Å². The van der Waals surface area contributed by atoms with Crippen LogP contribution in [0.2, 0.25) is 0 Å². The molecule has 6 nitrogen and oxygen atoms in total. The van der Waals surface area contributed by atoms with Crippen molar-refractivity contribution >= 4 is 17.8 Å². The second-order valence-corrected chi connectivity index (χ2v) is 7.25. The second-order valence-electron chi connectivity index (χ2n) is 7.25. The van der Waals surface area contributed by atoms with Crippen molar-refractivity contribution in [3.63, 3.8) is 0 Å². The molecule has 0 spiro atoms. The van der Waals surface area contributed by atoms with Crippen LogP contribution in [0.4, 0.5) is 8.78 Å². The molecule has 5 rings (SSSR count). The Bertz CT molecular complexity index is 1260. The normalized spacial score (nSPS) is 17.8. The molecule has 0 amide bonds. The third-order valence-corrected chi connectivity index (χ3v) is 4.97. The SMILES string of the molecule is C=c1[nH]c(=O)nc/c1=C1/C=C(C2CC2)c2ncc(F)n2N1.CC(F)c1ccccc1. The Morgan fingerprint density at radius 1 is 1.20 bits per heavy atom. The minimum atomic E-state index is -0.841. The van der Waals surface area contributed by atoms with Gasteiger partial charge in [-0.15, -0.1) is 0 Å². The number of fused-ring (bicyclic) bond motifs is 1. The largest absolute Gasteiger partial charge is 0.345 e. The van der Waals surface area contributed by atoms with Gasteiger partial charge >= 0.3 is 5.69 Å². The quantitative estimate of drug-likeness (QED) is 0.682. The molecule has 1 fully saturated rings. The van der Waals surface area contributed by atoms with Gasteiger partial charge in [-0.25, -0.2) is 23.8 Å². The molecule has 1 atom stereocenters. The second kappa shape index (κ2) is 8.06. The van der Waals surface area contributed by atoms with E-state index in [1.54, 1.807) is 12.1 Å². The number of H-pyrrole nitrogens is 1. The first-order valence-electron chi connectivity index (χ1n) is 9.64. The average Bonchev–Trinajstić information content (AvgIpc) is 3.52. The van der Waals surface area contributed by atoms with Crippen LogP contribution in [-0.4, -0.2) is 19.6 Å². The fourth-order valence-corrected chi connectivity index (χ4v) is 3.23. The van der Waals surface area contributed by atoms with Gasteiger partial charge < -0.3 is 4.98 Å². The van der Waals surface area contributed by atoms with Crippen LogP contribution in [0.25, 0.3) is 17.8 Å². The van der Waals surface area contributed by atoms with E-state index < -0.39 is 17.8 Å². The number of nitrogens with zero attached hydrogens (tertiary/aromatic N) is 3. The fraction of sp³-hybridized carbons (Fsp3) is 0.227. The number of imidazole rings is 1. The van der Waals surface area contributed by atoms with E-state index in [-0.39, 0.29) is 0 Å². The number of rotatable bonds is 2. The van der Waals surface area contributed by atoms with Crippen LogP contribution in [0, 0.1) is 11.9 Å². The van der Waals surface area contributed by atoms with Gasteiger partial charge in [0.05, 0.1) is 11.9 Å². The highest BCUT2D eigenvalue weighted by Crippen LogP contribution is 2.43. The third kappa shape index (κ3) is 4.07. The van der Waals surface area contributed by atoms with Gasteiger partial charge in [-0.2, -0.15) is 4.39 Å². The summed E-state index contributed by atoms with van der Waals surface area (Å²) in [5.41, 5.74) is 4.89. The van der Waals surface area contributed by atoms with E-state index in [9.17, 15) is 13.6 Å². The molecule has 1 saturated carbocycles. The van der Waals surface area contributed by atoms with Crippen LogP contribution < -0.4 is 21.7 Å². The maximum absolute atomic E-state index is 13.9. The lowest BCUT2D eigenvalue weighted by molar-refractivity contribution is 0.374. The van der Waals surface area contributed by atoms with Crippen molar-refractivity contribution in [2.24, 2.45) is 5.92 Å². The van der Waals surface area contributed by atoms with Crippen molar-refractivity contribution < 1.29 is 8.78 Å². The van der Waals surface area contributed by atoms with Crippen LogP contribution in [-0.2, 0) is 0 Å². The molecule has 1 aliphatic heterocycles. The Kier molecular flexibility index (Phi) is 5.31. The minimum Gasteiger partial charge on any atom is -0.306 e. The zero-order chi connectivity index (χ0) is 21.3. The first kappa shape index (κ1) is 19.8. The Morgan fingerprint density at radius 2 is 1.93 bits per heavy atom. The van der Waals surface area contributed by atoms with Crippen molar-refractivity contribution in [2.45, 2.75) is 25.9 Å². The summed E-state index contributed by atoms with van der Waals surface area (Å²) in [5.74, 6) is 0.546. The topological polar surface area (TPSA) is 75.6 Å². The van der Waals surface area contributed by atoms with E-state index in [1.807, 2.05) is 24.3 Å². The Labute approximate surface area is 171 Å². The van der Waals surface area contributed by atoms with Crippen LogP contribution in [0.3, 0.4) is 0 Å². The highest BCUT2D eigenvalue weighted by Gasteiger charge is 2.32. The number of alkyl halides is 1. The highest BCUT2D eigenvalue weighted by molar-refractivity contribution is 5.81. The zero-order valence-electron chi connectivity index (χ0n) is 16.4. The molecule has 0 bridgehead atoms. The summed E-state index contributed by atoms with van der Waals surface area (Å²) >= 11 is 0. The van der Waals surface area contributed by atoms with Gasteiger partial charge in [0.2, 0.25) is 5.95 Å². The van der Waals surface area contributed by atoms with Crippen molar-refractivity contribution in [2.75, 3.05) is 5.43 Å². The molecule has 154 valence electrons. The first-order valence-corrected chi connectivity index (χ1v) is 9.64. The molecule has 2 N–H and O–H groups in total. The van der Waals surface area contributed by atoms with E-state index in [0.717, 1.165) is 24.0 Å². The lowest BCUT2D eigenvalue weighted by atomic mass is 10.1. The summed E-state index contributed by atoms with van der Waals surface area (Å²) < 4.78 is 27.6. The zero-order valence-corrected chi connectivity index (χ0v) is 16.4. The monoisotopic (exact) mass is 409 g/mol. The Hall–Kier alpha value is -3.55. The predicted molar refractivity (Wildman–Crippen MR) is 111 cm³/mol. The Balaban J connectivity index is 0.000000204. The van der Waals surface area contributed by atoms with Crippen LogP contribution in [0.15, 0.2) is 53.6 Å². The first-order chi connectivity index (χ1) is 14.4. The molecular weight excluding hydrogens is 388 g/mol. The maximum Gasteiger partial charge on any atom is 0.345 e. The van der Waals surface area contributed by atoms with Gasteiger partial charge in [0, 0.05) is 22.3 Å². The molecule has 1 unspecified atom stereocenters. The van der Waals surface area contributed by atoms with Gasteiger partial charge in [-0.1, -0.05) is 36.9 Å². The van der Waals surface area contributed by atoms with Gasteiger partial charge in [0.25, 0.3) is 0 Å². The number of hydrogen-bond acceptors (Lipinski definition) is 4. The number of nitrogens with one attached hydrogen (secondary N) is 2. The summed E-state index contributed by atoms with van der Waals surface area (Å²) in [6.45, 7) is 5.34. The van der Waals surface area contributed by atoms with Crippen LogP contribution in [0.1, 0.15) is 37.3 Å². The van der Waals surface area contributed by atoms with E-state index in [2.05, 4.69) is 27.0 Å². The fourth-order valence-electron chi connectivity index (χ4n) is 3.23. The smallest absolute Gasteiger partial charge is 0.306 e. The summed E-state index contributed by atoms with van der Waals surface area (Å²) in [4.78, 5) is 21.6. The molecule has 8 heteroatoms. The number of allylic oxidation sites excluding steroid dienone is 1. The number of halogens is 2. The summed E-state index contributed by atoms with van der Waals surface area (Å²) in [6.07, 6.45) is 5.88. The third-order valence-electron chi connectivity index (χ3n) is 4.97. The lowest BCUT2D eigenvalue weighted by Gasteiger charge is -2.20. The molecule has 0 radical (unpaired) electrons. The number of benzene rings is 1. The summed E-state index contributed by atoms with van der Waals surface area (Å²) in [5, 5.41) is 1.07. The molecule has 0 saturated heterocycles. The molecule has 30 heavy (non-hydrogen) atoms. The van der Waals surface area contributed by atoms with Crippen LogP contribution >= 0.6 is 0 Å². The standard InChI is InChI=1S/C14H12FN5O.C8H9F/c1-7-10(5-17-14(21)18-7)11-4-9(8-2-3-8)13-16-6-12(15)20(13)19-11;1-7(9)8-5-3-2-4-6-8/h4-6,8,19H,1-3H2,(H,18,21);2-7H,1H3/b11-10+;. The van der Waals surface area contributed by atoms with Crippen LogP contribution in [0.5, 0.6) is 0 Å². The van der Waals surface area contributed by atoms with Gasteiger partial charge in [-0.05, 0) is 37.3 Å². The molecule has 3 aromatic rings. The lowest BCUT2D eigenvalue weighted by Crippen LogP contribution is -2.39. The maximum atomic E-state index is 13.9. The molecule has 3 heterocycles. The van der Waals surface area contributed by atoms with E-state index >= 15 is 0 Å². The summed E-state index contributed by atoms with van der Waals surface area (Å²) in [6, 6.07) is 9.12. The predicted octanol–water partition coefficient (Wildman–Crippen LogP) is 2.39.